The maximum absolute atomic E-state index is 10.5. The molecular formula is C7H8ClNO2S. The third-order valence-corrected chi connectivity index (χ3v) is 2.98. The molecule has 1 aromatic rings. The van der Waals surface area contributed by atoms with Gasteiger partial charge in [-0.05, 0) is 6.07 Å². The van der Waals surface area contributed by atoms with Crippen LogP contribution in [0.15, 0.2) is 6.07 Å². The monoisotopic (exact) mass is 205 g/mol. The zero-order valence-electron chi connectivity index (χ0n) is 6.67. The highest BCUT2D eigenvalue weighted by molar-refractivity contribution is 7.18. The van der Waals surface area contributed by atoms with Crippen LogP contribution in [0.25, 0.3) is 0 Å². The van der Waals surface area contributed by atoms with Crippen molar-refractivity contribution >= 4 is 33.9 Å². The Morgan fingerprint density at radius 1 is 1.67 bits per heavy atom. The number of thiophene rings is 1. The lowest BCUT2D eigenvalue weighted by Gasteiger charge is -2.08. The van der Waals surface area contributed by atoms with Crippen molar-refractivity contribution in [3.63, 3.8) is 0 Å². The molecule has 66 valence electrons. The van der Waals surface area contributed by atoms with Gasteiger partial charge in [0.05, 0.1) is 5.02 Å². The van der Waals surface area contributed by atoms with Crippen molar-refractivity contribution < 1.29 is 9.90 Å². The van der Waals surface area contributed by atoms with Gasteiger partial charge < -0.3 is 10.0 Å². The van der Waals surface area contributed by atoms with E-state index in [0.717, 1.165) is 5.00 Å². The molecular weight excluding hydrogens is 198 g/mol. The molecule has 3 nitrogen and oxygen atoms in total. The summed E-state index contributed by atoms with van der Waals surface area (Å²) in [6.07, 6.45) is 0. The molecule has 12 heavy (non-hydrogen) atoms. The number of hydrogen-bond acceptors (Lipinski definition) is 3. The fourth-order valence-corrected chi connectivity index (χ4v) is 2.04. The van der Waals surface area contributed by atoms with Gasteiger partial charge in [0.15, 0.2) is 0 Å². The molecule has 1 heterocycles. The molecule has 5 heteroatoms. The molecule has 0 saturated heterocycles. The van der Waals surface area contributed by atoms with E-state index in [1.807, 2.05) is 14.1 Å². The van der Waals surface area contributed by atoms with Gasteiger partial charge in [0.25, 0.3) is 0 Å². The Hall–Kier alpha value is -0.740. The first-order valence-electron chi connectivity index (χ1n) is 3.22. The highest BCUT2D eigenvalue weighted by Crippen LogP contribution is 2.33. The predicted octanol–water partition coefficient (Wildman–Crippen LogP) is 2.17. The molecule has 0 bridgehead atoms. The Morgan fingerprint density at radius 2 is 2.25 bits per heavy atom. The van der Waals surface area contributed by atoms with Gasteiger partial charge in [-0.25, -0.2) is 4.79 Å². The molecule has 0 saturated carbocycles. The Bertz CT molecular complexity index is 308. The van der Waals surface area contributed by atoms with Crippen LogP contribution in [0.2, 0.25) is 5.02 Å². The molecule has 0 aliphatic carbocycles. The van der Waals surface area contributed by atoms with Crippen LogP contribution in [-0.2, 0) is 0 Å². The fraction of sp³-hybridized carbons (Fsp3) is 0.286. The average molecular weight is 206 g/mol. The van der Waals surface area contributed by atoms with Crippen LogP contribution in [0.1, 0.15) is 9.67 Å². The van der Waals surface area contributed by atoms with E-state index in [4.69, 9.17) is 16.7 Å². The number of carbonyl (C=O) groups is 1. The molecule has 0 aliphatic heterocycles. The lowest BCUT2D eigenvalue weighted by Crippen LogP contribution is -2.06. The van der Waals surface area contributed by atoms with Gasteiger partial charge in [-0.1, -0.05) is 11.6 Å². The number of rotatable bonds is 2. The van der Waals surface area contributed by atoms with E-state index in [0.29, 0.717) is 5.02 Å². The predicted molar refractivity (Wildman–Crippen MR) is 50.6 cm³/mol. The molecule has 0 atom stereocenters. The summed E-state index contributed by atoms with van der Waals surface area (Å²) in [5, 5.41) is 9.90. The number of hydrogen-bond donors (Lipinski definition) is 1. The summed E-state index contributed by atoms with van der Waals surface area (Å²) in [4.78, 5) is 12.6. The number of anilines is 1. The van der Waals surface area contributed by atoms with Crippen LogP contribution in [0, 0.1) is 0 Å². The minimum Gasteiger partial charge on any atom is -0.477 e. The Balaban J connectivity index is 3.09. The largest absolute Gasteiger partial charge is 0.477 e. The van der Waals surface area contributed by atoms with Gasteiger partial charge in [-0.2, -0.15) is 0 Å². The molecule has 1 N–H and O–H groups in total. The quantitative estimate of drug-likeness (QED) is 0.805. The first-order chi connectivity index (χ1) is 5.52. The number of carboxylic acids is 1. The lowest BCUT2D eigenvalue weighted by atomic mass is 10.4. The standard InChI is InChI=1S/C7H8ClNO2S/c1-9(2)6-4(8)3-5(12-6)7(10)11/h3H,1-2H3,(H,10,11). The van der Waals surface area contributed by atoms with Crippen LogP contribution in [-0.4, -0.2) is 25.2 Å². The van der Waals surface area contributed by atoms with E-state index in [-0.39, 0.29) is 4.88 Å². The number of aromatic carboxylic acids is 1. The number of carboxylic acid groups (broad SMARTS) is 1. The fourth-order valence-electron chi connectivity index (χ4n) is 0.769. The summed E-state index contributed by atoms with van der Waals surface area (Å²) in [5.41, 5.74) is 0. The van der Waals surface area contributed by atoms with E-state index in [2.05, 4.69) is 0 Å². The normalized spacial score (nSPS) is 9.92. The molecule has 0 aromatic carbocycles. The molecule has 0 fully saturated rings. The molecule has 0 amide bonds. The summed E-state index contributed by atoms with van der Waals surface area (Å²) >= 11 is 6.96. The van der Waals surface area contributed by atoms with Gasteiger partial charge in [0.1, 0.15) is 9.88 Å². The van der Waals surface area contributed by atoms with Gasteiger partial charge in [0, 0.05) is 14.1 Å². The van der Waals surface area contributed by atoms with E-state index < -0.39 is 5.97 Å². The van der Waals surface area contributed by atoms with Crippen molar-refractivity contribution in [1.29, 1.82) is 0 Å². The van der Waals surface area contributed by atoms with Crippen LogP contribution in [0.4, 0.5) is 5.00 Å². The Labute approximate surface area is 79.2 Å². The highest BCUT2D eigenvalue weighted by Gasteiger charge is 2.13. The van der Waals surface area contributed by atoms with Crippen molar-refractivity contribution in [2.75, 3.05) is 19.0 Å². The van der Waals surface area contributed by atoms with Crippen molar-refractivity contribution in [3.8, 4) is 0 Å². The zero-order chi connectivity index (χ0) is 9.30. The van der Waals surface area contributed by atoms with Gasteiger partial charge >= 0.3 is 5.97 Å². The van der Waals surface area contributed by atoms with Crippen molar-refractivity contribution in [2.45, 2.75) is 0 Å². The molecule has 0 radical (unpaired) electrons. The van der Waals surface area contributed by atoms with Gasteiger partial charge in [0.2, 0.25) is 0 Å². The SMILES string of the molecule is CN(C)c1sc(C(=O)O)cc1Cl. The molecule has 0 aliphatic rings. The minimum atomic E-state index is -0.935. The van der Waals surface area contributed by atoms with Crippen molar-refractivity contribution in [2.24, 2.45) is 0 Å². The second kappa shape index (κ2) is 3.33. The first-order valence-corrected chi connectivity index (χ1v) is 4.41. The molecule has 0 spiro atoms. The van der Waals surface area contributed by atoms with Crippen LogP contribution in [0.3, 0.4) is 0 Å². The lowest BCUT2D eigenvalue weighted by molar-refractivity contribution is 0.0702. The second-order valence-electron chi connectivity index (χ2n) is 2.46. The minimum absolute atomic E-state index is 0.267. The number of nitrogens with zero attached hydrogens (tertiary/aromatic N) is 1. The van der Waals surface area contributed by atoms with Gasteiger partial charge in [-0.3, -0.25) is 0 Å². The van der Waals surface area contributed by atoms with E-state index in [1.165, 1.54) is 17.4 Å². The second-order valence-corrected chi connectivity index (χ2v) is 3.90. The van der Waals surface area contributed by atoms with Crippen molar-refractivity contribution in [3.05, 3.63) is 16.0 Å². The molecule has 0 unspecified atom stereocenters. The van der Waals surface area contributed by atoms with E-state index in [9.17, 15) is 4.79 Å². The third-order valence-electron chi connectivity index (χ3n) is 1.29. The Morgan fingerprint density at radius 3 is 2.50 bits per heavy atom. The maximum Gasteiger partial charge on any atom is 0.345 e. The van der Waals surface area contributed by atoms with E-state index >= 15 is 0 Å². The average Bonchev–Trinajstić information content (AvgIpc) is 2.30. The van der Waals surface area contributed by atoms with Crippen molar-refractivity contribution in [1.82, 2.24) is 0 Å². The summed E-state index contributed by atoms with van der Waals surface area (Å²) < 4.78 is 0. The summed E-state index contributed by atoms with van der Waals surface area (Å²) in [7, 11) is 3.65. The topological polar surface area (TPSA) is 40.5 Å². The summed E-state index contributed by atoms with van der Waals surface area (Å²) in [5.74, 6) is -0.935. The Kier molecular flexibility index (Phi) is 2.59. The zero-order valence-corrected chi connectivity index (χ0v) is 8.24. The molecule has 1 rings (SSSR count). The third kappa shape index (κ3) is 1.70. The van der Waals surface area contributed by atoms with Crippen LogP contribution >= 0.6 is 22.9 Å². The summed E-state index contributed by atoms with van der Waals surface area (Å²) in [6, 6.07) is 1.46. The molecule has 1 aromatic heterocycles. The van der Waals surface area contributed by atoms with Gasteiger partial charge in [-0.15, -0.1) is 11.3 Å². The number of halogens is 1. The van der Waals surface area contributed by atoms with Crippen LogP contribution in [0.5, 0.6) is 0 Å². The van der Waals surface area contributed by atoms with Crippen LogP contribution < -0.4 is 4.90 Å². The maximum atomic E-state index is 10.5. The highest BCUT2D eigenvalue weighted by atomic mass is 35.5. The smallest absolute Gasteiger partial charge is 0.345 e. The summed E-state index contributed by atoms with van der Waals surface area (Å²) in [6.45, 7) is 0. The van der Waals surface area contributed by atoms with E-state index in [1.54, 1.807) is 4.90 Å². The first kappa shape index (κ1) is 9.35.